The molecule has 0 unspecified atom stereocenters. The lowest BCUT2D eigenvalue weighted by Crippen LogP contribution is -2.17. The zero-order valence-corrected chi connectivity index (χ0v) is 18.6. The molecule has 0 bridgehead atoms. The predicted octanol–water partition coefficient (Wildman–Crippen LogP) is 3.94. The van der Waals surface area contributed by atoms with E-state index >= 15 is 0 Å². The Labute approximate surface area is 191 Å². The predicted molar refractivity (Wildman–Crippen MR) is 126 cm³/mol. The largest absolute Gasteiger partial charge is 0.496 e. The number of nitrogens with zero attached hydrogens (tertiary/aromatic N) is 2. The molecule has 4 aromatic rings. The van der Waals surface area contributed by atoms with Gasteiger partial charge in [-0.15, -0.1) is 0 Å². The van der Waals surface area contributed by atoms with Crippen LogP contribution in [0.2, 0.25) is 0 Å². The second kappa shape index (κ2) is 9.86. The van der Waals surface area contributed by atoms with Crippen LogP contribution in [0.4, 0.5) is 0 Å². The summed E-state index contributed by atoms with van der Waals surface area (Å²) in [5, 5.41) is 4.07. The third-order valence-corrected chi connectivity index (χ3v) is 5.11. The van der Waals surface area contributed by atoms with Crippen molar-refractivity contribution in [1.82, 2.24) is 15.4 Å². The van der Waals surface area contributed by atoms with E-state index in [1.54, 1.807) is 45.6 Å². The van der Waals surface area contributed by atoms with Crippen molar-refractivity contribution in [2.24, 2.45) is 5.10 Å². The number of hydrogen-bond acceptors (Lipinski definition) is 6. The van der Waals surface area contributed by atoms with E-state index in [4.69, 9.17) is 14.2 Å². The molecule has 8 nitrogen and oxygen atoms in total. The first-order valence-electron chi connectivity index (χ1n) is 10.3. The monoisotopic (exact) mass is 444 g/mol. The Morgan fingerprint density at radius 2 is 1.70 bits per heavy atom. The van der Waals surface area contributed by atoms with Crippen LogP contribution in [-0.2, 0) is 6.42 Å². The highest BCUT2D eigenvalue weighted by molar-refractivity contribution is 5.98. The van der Waals surface area contributed by atoms with Crippen LogP contribution in [0, 0.1) is 0 Å². The molecule has 1 heterocycles. The highest BCUT2D eigenvalue weighted by Gasteiger charge is 2.12. The summed E-state index contributed by atoms with van der Waals surface area (Å²) in [5.74, 6) is 2.10. The number of nitrogens with one attached hydrogen (secondary N) is 2. The molecular weight excluding hydrogens is 420 g/mol. The van der Waals surface area contributed by atoms with Gasteiger partial charge in [0.1, 0.15) is 11.6 Å². The minimum Gasteiger partial charge on any atom is -0.496 e. The lowest BCUT2D eigenvalue weighted by Gasteiger charge is -2.11. The molecule has 3 aromatic carbocycles. The number of carbonyl (C=O) groups is 1. The number of amides is 1. The van der Waals surface area contributed by atoms with Crippen LogP contribution >= 0.6 is 0 Å². The van der Waals surface area contributed by atoms with E-state index in [2.05, 4.69) is 32.6 Å². The van der Waals surface area contributed by atoms with Gasteiger partial charge in [0, 0.05) is 23.6 Å². The zero-order chi connectivity index (χ0) is 23.2. The van der Waals surface area contributed by atoms with Gasteiger partial charge in [-0.3, -0.25) is 4.79 Å². The molecule has 0 radical (unpaired) electrons. The van der Waals surface area contributed by atoms with Gasteiger partial charge in [-0.2, -0.15) is 5.10 Å². The summed E-state index contributed by atoms with van der Waals surface area (Å²) in [5.41, 5.74) is 6.40. The van der Waals surface area contributed by atoms with Gasteiger partial charge in [0.25, 0.3) is 5.91 Å². The first kappa shape index (κ1) is 21.9. The summed E-state index contributed by atoms with van der Waals surface area (Å²) in [6.45, 7) is 0. The van der Waals surface area contributed by atoms with Crippen LogP contribution in [0.5, 0.6) is 17.2 Å². The molecule has 0 aliphatic heterocycles. The fourth-order valence-electron chi connectivity index (χ4n) is 3.46. The topological polar surface area (TPSA) is 97.8 Å². The van der Waals surface area contributed by atoms with Crippen molar-refractivity contribution in [2.75, 3.05) is 21.3 Å². The fourth-order valence-corrected chi connectivity index (χ4v) is 3.46. The molecule has 2 N–H and O–H groups in total. The summed E-state index contributed by atoms with van der Waals surface area (Å²) >= 11 is 0. The third-order valence-electron chi connectivity index (χ3n) is 5.11. The minimum atomic E-state index is -0.341. The highest BCUT2D eigenvalue weighted by atomic mass is 16.5. The quantitative estimate of drug-likeness (QED) is 0.317. The Morgan fingerprint density at radius 1 is 0.970 bits per heavy atom. The number of H-pyrrole nitrogens is 1. The number of carbonyl (C=O) groups excluding carboxylic acids is 1. The van der Waals surface area contributed by atoms with Gasteiger partial charge in [0.05, 0.1) is 38.6 Å². The van der Waals surface area contributed by atoms with E-state index in [-0.39, 0.29) is 5.91 Å². The van der Waals surface area contributed by atoms with Crippen molar-refractivity contribution in [1.29, 1.82) is 0 Å². The highest BCUT2D eigenvalue weighted by Crippen LogP contribution is 2.33. The average Bonchev–Trinajstić information content (AvgIpc) is 3.25. The molecule has 1 aromatic heterocycles. The normalized spacial score (nSPS) is 11.0. The SMILES string of the molecule is COc1cc(OC)c(OC)cc1/C=N\NC(=O)c1ccc2nc(Cc3ccccc3)[nH]c2c1. The molecular formula is C25H24N4O4. The molecule has 0 spiro atoms. The lowest BCUT2D eigenvalue weighted by atomic mass is 10.1. The summed E-state index contributed by atoms with van der Waals surface area (Å²) < 4.78 is 16.0. The van der Waals surface area contributed by atoms with Crippen LogP contribution in [0.1, 0.15) is 27.3 Å². The number of benzene rings is 3. The van der Waals surface area contributed by atoms with Gasteiger partial charge in [-0.1, -0.05) is 30.3 Å². The number of hydrogen-bond donors (Lipinski definition) is 2. The maximum Gasteiger partial charge on any atom is 0.271 e. The number of aromatic amines is 1. The second-order valence-electron chi connectivity index (χ2n) is 7.23. The second-order valence-corrected chi connectivity index (χ2v) is 7.23. The zero-order valence-electron chi connectivity index (χ0n) is 18.6. The van der Waals surface area contributed by atoms with Crippen molar-refractivity contribution in [3.63, 3.8) is 0 Å². The standard InChI is InChI=1S/C25H24N4O4/c1-31-21-14-23(33-3)22(32-2)13-18(21)15-26-29-25(30)17-9-10-19-20(12-17)28-24(27-19)11-16-7-5-4-6-8-16/h4-10,12-15H,11H2,1-3H3,(H,27,28)(H,29,30)/b26-15-. The Hall–Kier alpha value is -4.33. The summed E-state index contributed by atoms with van der Waals surface area (Å²) in [6.07, 6.45) is 2.18. The molecule has 0 saturated heterocycles. The maximum atomic E-state index is 12.6. The lowest BCUT2D eigenvalue weighted by molar-refractivity contribution is 0.0955. The van der Waals surface area contributed by atoms with Crippen LogP contribution in [0.3, 0.4) is 0 Å². The van der Waals surface area contributed by atoms with Crippen molar-refractivity contribution in [2.45, 2.75) is 6.42 Å². The molecule has 0 aliphatic rings. The van der Waals surface area contributed by atoms with Gasteiger partial charge in [-0.05, 0) is 29.8 Å². The number of methoxy groups -OCH3 is 3. The van der Waals surface area contributed by atoms with Crippen LogP contribution in [0.15, 0.2) is 65.8 Å². The van der Waals surface area contributed by atoms with E-state index < -0.39 is 0 Å². The van der Waals surface area contributed by atoms with Gasteiger partial charge < -0.3 is 19.2 Å². The Morgan fingerprint density at radius 3 is 2.42 bits per heavy atom. The molecule has 0 fully saturated rings. The fraction of sp³-hybridized carbons (Fsp3) is 0.160. The molecule has 0 aliphatic carbocycles. The van der Waals surface area contributed by atoms with E-state index in [0.717, 1.165) is 22.4 Å². The number of fused-ring (bicyclic) bond motifs is 1. The van der Waals surface area contributed by atoms with Gasteiger partial charge in [-0.25, -0.2) is 10.4 Å². The third kappa shape index (κ3) is 4.95. The minimum absolute atomic E-state index is 0.341. The van der Waals surface area contributed by atoms with Crippen LogP contribution in [-0.4, -0.2) is 43.4 Å². The van der Waals surface area contributed by atoms with Crippen molar-refractivity contribution >= 4 is 23.2 Å². The number of hydrazone groups is 1. The number of ether oxygens (including phenoxy) is 3. The summed E-state index contributed by atoms with van der Waals surface area (Å²) in [7, 11) is 4.64. The number of rotatable bonds is 8. The summed E-state index contributed by atoms with van der Waals surface area (Å²) in [4.78, 5) is 20.5. The van der Waals surface area contributed by atoms with Crippen molar-refractivity contribution < 1.29 is 19.0 Å². The first-order chi connectivity index (χ1) is 16.1. The molecule has 4 rings (SSSR count). The first-order valence-corrected chi connectivity index (χ1v) is 10.3. The number of imidazole rings is 1. The van der Waals surface area contributed by atoms with Crippen molar-refractivity contribution in [3.8, 4) is 17.2 Å². The molecule has 0 saturated carbocycles. The Kier molecular flexibility index (Phi) is 6.54. The smallest absolute Gasteiger partial charge is 0.271 e. The van der Waals surface area contributed by atoms with E-state index in [9.17, 15) is 4.79 Å². The Balaban J connectivity index is 1.48. The average molecular weight is 444 g/mol. The summed E-state index contributed by atoms with van der Waals surface area (Å²) in [6, 6.07) is 18.8. The molecule has 33 heavy (non-hydrogen) atoms. The molecule has 168 valence electrons. The van der Waals surface area contributed by atoms with E-state index in [0.29, 0.717) is 34.8 Å². The van der Waals surface area contributed by atoms with Crippen LogP contribution < -0.4 is 19.6 Å². The molecule has 1 amide bonds. The van der Waals surface area contributed by atoms with E-state index in [1.165, 1.54) is 6.21 Å². The van der Waals surface area contributed by atoms with Crippen LogP contribution in [0.25, 0.3) is 11.0 Å². The van der Waals surface area contributed by atoms with E-state index in [1.807, 2.05) is 24.3 Å². The van der Waals surface area contributed by atoms with Gasteiger partial charge in [0.2, 0.25) is 0 Å². The number of aromatic nitrogens is 2. The van der Waals surface area contributed by atoms with Gasteiger partial charge in [0.15, 0.2) is 11.5 Å². The maximum absolute atomic E-state index is 12.6. The molecule has 8 heteroatoms. The van der Waals surface area contributed by atoms with Crippen molar-refractivity contribution in [3.05, 3.63) is 83.2 Å². The van der Waals surface area contributed by atoms with Gasteiger partial charge >= 0.3 is 0 Å². The Bertz CT molecular complexity index is 1300. The molecule has 0 atom stereocenters.